The maximum atomic E-state index is 13.2. The molecule has 0 aliphatic rings. The van der Waals surface area contributed by atoms with Crippen molar-refractivity contribution in [1.29, 1.82) is 0 Å². The Labute approximate surface area is 227 Å². The van der Waals surface area contributed by atoms with Gasteiger partial charge in [-0.15, -0.1) is 0 Å². The molecular weight excluding hydrogens is 513 g/mol. The van der Waals surface area contributed by atoms with E-state index in [-0.39, 0.29) is 24.6 Å². The molecule has 0 aliphatic heterocycles. The SMILES string of the molecule is CCCN(C[C@H](C)OS)c1cncc(C(=O)N[C@H](C)c2ccc(-c3cc(C(F)(F)F)ccc3CN)cc2)c1. The Bertz CT molecular complexity index is 1220. The quantitative estimate of drug-likeness (QED) is 0.198. The van der Waals surface area contributed by atoms with Crippen LogP contribution in [0.2, 0.25) is 0 Å². The van der Waals surface area contributed by atoms with Gasteiger partial charge in [0.15, 0.2) is 0 Å². The van der Waals surface area contributed by atoms with Gasteiger partial charge in [0, 0.05) is 25.8 Å². The minimum Gasteiger partial charge on any atom is -0.368 e. The monoisotopic (exact) mass is 546 g/mol. The van der Waals surface area contributed by atoms with Gasteiger partial charge in [0.05, 0.1) is 35.2 Å². The molecule has 2 atom stereocenters. The highest BCUT2D eigenvalue weighted by molar-refractivity contribution is 7.75. The normalized spacial score (nSPS) is 13.2. The number of alkyl halides is 3. The Hall–Kier alpha value is -3.08. The molecule has 0 aliphatic carbocycles. The number of aromatic nitrogens is 1. The first kappa shape index (κ1) is 29.5. The Morgan fingerprint density at radius 3 is 2.45 bits per heavy atom. The number of halogens is 3. The summed E-state index contributed by atoms with van der Waals surface area (Å²) in [5, 5.41) is 2.97. The molecule has 1 amide bonds. The number of nitrogens with one attached hydrogen (secondary N) is 1. The number of rotatable bonds is 11. The van der Waals surface area contributed by atoms with Gasteiger partial charge in [-0.2, -0.15) is 13.2 Å². The number of carbonyl (C=O) groups is 1. The Balaban J connectivity index is 1.76. The summed E-state index contributed by atoms with van der Waals surface area (Å²) in [6.07, 6.45) is -0.417. The zero-order valence-electron chi connectivity index (χ0n) is 21.6. The van der Waals surface area contributed by atoms with Crippen LogP contribution in [0.15, 0.2) is 60.9 Å². The van der Waals surface area contributed by atoms with Gasteiger partial charge in [0.1, 0.15) is 0 Å². The zero-order valence-corrected chi connectivity index (χ0v) is 22.5. The van der Waals surface area contributed by atoms with Crippen molar-refractivity contribution in [3.8, 4) is 11.1 Å². The highest BCUT2D eigenvalue weighted by atomic mass is 32.1. The molecule has 3 N–H and O–H groups in total. The van der Waals surface area contributed by atoms with E-state index in [4.69, 9.17) is 9.92 Å². The molecule has 0 fully saturated rings. The summed E-state index contributed by atoms with van der Waals surface area (Å²) in [4.78, 5) is 19.4. The van der Waals surface area contributed by atoms with E-state index in [1.54, 1.807) is 36.5 Å². The van der Waals surface area contributed by atoms with Crippen molar-refractivity contribution in [2.24, 2.45) is 5.73 Å². The molecule has 0 saturated heterocycles. The number of nitrogens with zero attached hydrogens (tertiary/aromatic N) is 2. The summed E-state index contributed by atoms with van der Waals surface area (Å²) in [5.74, 6) is -0.283. The molecule has 204 valence electrons. The van der Waals surface area contributed by atoms with Crippen molar-refractivity contribution in [3.05, 3.63) is 83.2 Å². The smallest absolute Gasteiger partial charge is 0.368 e. The first-order valence-electron chi connectivity index (χ1n) is 12.4. The number of hydrogen-bond donors (Lipinski definition) is 3. The lowest BCUT2D eigenvalue weighted by Gasteiger charge is -2.26. The molecule has 0 unspecified atom stereocenters. The van der Waals surface area contributed by atoms with Crippen LogP contribution in [-0.4, -0.2) is 30.1 Å². The number of hydrogen-bond acceptors (Lipinski definition) is 6. The second-order valence-corrected chi connectivity index (χ2v) is 9.40. The lowest BCUT2D eigenvalue weighted by molar-refractivity contribution is -0.137. The fraction of sp³-hybridized carbons (Fsp3) is 0.357. The van der Waals surface area contributed by atoms with E-state index in [9.17, 15) is 18.0 Å². The van der Waals surface area contributed by atoms with Crippen molar-refractivity contribution in [3.63, 3.8) is 0 Å². The molecule has 0 bridgehead atoms. The van der Waals surface area contributed by atoms with Gasteiger partial charge < -0.3 is 20.1 Å². The fourth-order valence-electron chi connectivity index (χ4n) is 4.18. The lowest BCUT2D eigenvalue weighted by Crippen LogP contribution is -2.32. The maximum absolute atomic E-state index is 13.2. The van der Waals surface area contributed by atoms with Crippen molar-refractivity contribution >= 4 is 24.5 Å². The van der Waals surface area contributed by atoms with Gasteiger partial charge >= 0.3 is 6.18 Å². The largest absolute Gasteiger partial charge is 0.416 e. The number of thiol groups is 1. The van der Waals surface area contributed by atoms with Crippen LogP contribution in [0.25, 0.3) is 11.1 Å². The molecule has 0 spiro atoms. The number of anilines is 1. The summed E-state index contributed by atoms with van der Waals surface area (Å²) >= 11 is 3.89. The van der Waals surface area contributed by atoms with Crippen molar-refractivity contribution < 1.29 is 22.1 Å². The van der Waals surface area contributed by atoms with Crippen LogP contribution in [-0.2, 0) is 16.9 Å². The van der Waals surface area contributed by atoms with Crippen molar-refractivity contribution in [1.82, 2.24) is 10.3 Å². The lowest BCUT2D eigenvalue weighted by atomic mass is 9.95. The topological polar surface area (TPSA) is 80.5 Å². The van der Waals surface area contributed by atoms with Gasteiger partial charge in [-0.25, -0.2) is 0 Å². The van der Waals surface area contributed by atoms with Crippen LogP contribution in [0.5, 0.6) is 0 Å². The van der Waals surface area contributed by atoms with Crippen molar-refractivity contribution in [2.75, 3.05) is 18.0 Å². The molecular formula is C28H33F3N4O2S. The summed E-state index contributed by atoms with van der Waals surface area (Å²) < 4.78 is 44.8. The van der Waals surface area contributed by atoms with Gasteiger partial charge in [-0.3, -0.25) is 9.78 Å². The molecule has 3 rings (SSSR count). The van der Waals surface area contributed by atoms with Gasteiger partial charge in [-0.05, 0) is 73.6 Å². The summed E-state index contributed by atoms with van der Waals surface area (Å²) in [6.45, 7) is 7.32. The van der Waals surface area contributed by atoms with Gasteiger partial charge in [0.2, 0.25) is 0 Å². The number of amides is 1. The first-order valence-corrected chi connectivity index (χ1v) is 12.8. The molecule has 0 radical (unpaired) electrons. The Morgan fingerprint density at radius 2 is 1.84 bits per heavy atom. The molecule has 6 nitrogen and oxygen atoms in total. The van der Waals surface area contributed by atoms with E-state index in [0.717, 1.165) is 36.3 Å². The molecule has 2 aromatic carbocycles. The van der Waals surface area contributed by atoms with Crippen LogP contribution in [0.3, 0.4) is 0 Å². The van der Waals surface area contributed by atoms with Crippen LogP contribution in [0.4, 0.5) is 18.9 Å². The predicted molar refractivity (Wildman–Crippen MR) is 147 cm³/mol. The fourth-order valence-corrected chi connectivity index (χ4v) is 4.25. The maximum Gasteiger partial charge on any atom is 0.416 e. The number of carbonyl (C=O) groups excluding carboxylic acids is 1. The van der Waals surface area contributed by atoms with E-state index in [2.05, 4.69) is 35.0 Å². The van der Waals surface area contributed by atoms with Gasteiger partial charge in [0.25, 0.3) is 5.91 Å². The van der Waals surface area contributed by atoms with E-state index in [1.807, 2.05) is 13.8 Å². The highest BCUT2D eigenvalue weighted by Gasteiger charge is 2.31. The molecule has 1 heterocycles. The van der Waals surface area contributed by atoms with E-state index < -0.39 is 11.7 Å². The number of benzene rings is 2. The summed E-state index contributed by atoms with van der Waals surface area (Å²) in [7, 11) is 0. The average Bonchev–Trinajstić information content (AvgIpc) is 2.91. The third-order valence-corrected chi connectivity index (χ3v) is 6.59. The second-order valence-electron chi connectivity index (χ2n) is 9.18. The second kappa shape index (κ2) is 13.1. The first-order chi connectivity index (χ1) is 18.1. The Kier molecular flexibility index (Phi) is 10.2. The Morgan fingerprint density at radius 1 is 1.13 bits per heavy atom. The summed E-state index contributed by atoms with van der Waals surface area (Å²) in [5.41, 5.74) is 8.74. The van der Waals surface area contributed by atoms with E-state index in [1.165, 1.54) is 12.3 Å². The molecule has 0 saturated carbocycles. The number of pyridine rings is 1. The third-order valence-electron chi connectivity index (χ3n) is 6.23. The van der Waals surface area contributed by atoms with Crippen LogP contribution >= 0.6 is 12.9 Å². The summed E-state index contributed by atoms with van der Waals surface area (Å²) in [6, 6.07) is 12.1. The van der Waals surface area contributed by atoms with Crippen LogP contribution in [0, 0.1) is 0 Å². The minimum atomic E-state index is -4.45. The van der Waals surface area contributed by atoms with Gasteiger partial charge in [-0.1, -0.05) is 37.3 Å². The molecule has 3 aromatic rings. The van der Waals surface area contributed by atoms with E-state index in [0.29, 0.717) is 28.8 Å². The van der Waals surface area contributed by atoms with Crippen LogP contribution < -0.4 is 16.0 Å². The standard InChI is InChI=1S/C28H33F3N4O2S/c1-4-11-35(17-18(2)37-38)25-12-23(15-33-16-25)27(36)34-19(3)20-5-7-21(8-6-20)26-13-24(28(29,30)31)10-9-22(26)14-32/h5-10,12-13,15-16,18-19,38H,4,11,14,17,32H2,1-3H3,(H,34,36)/t18-,19+/m0/s1. The highest BCUT2D eigenvalue weighted by Crippen LogP contribution is 2.34. The molecule has 38 heavy (non-hydrogen) atoms. The average molecular weight is 547 g/mol. The van der Waals surface area contributed by atoms with E-state index >= 15 is 0 Å². The molecule has 10 heteroatoms. The zero-order chi connectivity index (χ0) is 27.9. The predicted octanol–water partition coefficient (Wildman–Crippen LogP) is 6.18. The molecule has 1 aromatic heterocycles. The van der Waals surface area contributed by atoms with Crippen molar-refractivity contribution in [2.45, 2.75) is 52.1 Å². The number of nitrogens with two attached hydrogens (primary N) is 1. The minimum absolute atomic E-state index is 0.109. The van der Waals surface area contributed by atoms with Crippen LogP contribution in [0.1, 0.15) is 60.3 Å². The third kappa shape index (κ3) is 7.49.